The van der Waals surface area contributed by atoms with E-state index in [1.54, 1.807) is 12.2 Å². The molecule has 0 radical (unpaired) electrons. The maximum Gasteiger partial charge on any atom is 0.150 e. The Bertz CT molecular complexity index is 326. The van der Waals surface area contributed by atoms with Crippen LogP contribution >= 0.6 is 15.9 Å². The van der Waals surface area contributed by atoms with E-state index < -0.39 is 0 Å². The molecule has 76 valence electrons. The first-order valence-electron chi connectivity index (χ1n) is 4.25. The molecule has 0 saturated carbocycles. The fraction of sp³-hybridized carbons (Fsp3) is 0.300. The Morgan fingerprint density at radius 1 is 1.50 bits per heavy atom. The smallest absolute Gasteiger partial charge is 0.150 e. The molecule has 0 unspecified atom stereocenters. The van der Waals surface area contributed by atoms with Crippen molar-refractivity contribution < 1.29 is 15.0 Å². The van der Waals surface area contributed by atoms with Gasteiger partial charge in [0.05, 0.1) is 4.48 Å². The second-order valence-electron chi connectivity index (χ2n) is 2.87. The van der Waals surface area contributed by atoms with Gasteiger partial charge in [0.25, 0.3) is 0 Å². The predicted molar refractivity (Wildman–Crippen MR) is 57.1 cm³/mol. The number of aliphatic hydroxyl groups excluding tert-OH is 2. The van der Waals surface area contributed by atoms with E-state index in [9.17, 15) is 9.90 Å². The molecular formula is C10H11BrO3. The molecule has 0 amide bonds. The average Bonchev–Trinajstić information content (AvgIpc) is 2.31. The zero-order valence-electron chi connectivity index (χ0n) is 7.53. The standard InChI is InChI=1S/C10H11BrO3/c11-9-3-1-2-7(6-13)8(4-5-12)10(9)14/h2-3,6,12,14H,1,4-5H2. The molecule has 1 aliphatic rings. The summed E-state index contributed by atoms with van der Waals surface area (Å²) in [5, 5.41) is 18.5. The zero-order valence-corrected chi connectivity index (χ0v) is 9.12. The third-order valence-corrected chi connectivity index (χ3v) is 2.68. The molecule has 1 rings (SSSR count). The maximum atomic E-state index is 10.7. The summed E-state index contributed by atoms with van der Waals surface area (Å²) in [6, 6.07) is 0. The van der Waals surface area contributed by atoms with Gasteiger partial charge in [-0.2, -0.15) is 0 Å². The van der Waals surface area contributed by atoms with Crippen LogP contribution in [0.1, 0.15) is 12.8 Å². The fourth-order valence-electron chi connectivity index (χ4n) is 1.28. The maximum absolute atomic E-state index is 10.7. The molecule has 0 aromatic heterocycles. The van der Waals surface area contributed by atoms with Crippen molar-refractivity contribution in [1.82, 2.24) is 0 Å². The zero-order chi connectivity index (χ0) is 10.6. The van der Waals surface area contributed by atoms with Crippen LogP contribution < -0.4 is 0 Å². The van der Waals surface area contributed by atoms with Gasteiger partial charge in [-0.3, -0.25) is 4.79 Å². The van der Waals surface area contributed by atoms with Crippen molar-refractivity contribution >= 4 is 22.2 Å². The van der Waals surface area contributed by atoms with Crippen molar-refractivity contribution in [3.8, 4) is 0 Å². The van der Waals surface area contributed by atoms with Crippen molar-refractivity contribution in [3.05, 3.63) is 33.5 Å². The molecule has 14 heavy (non-hydrogen) atoms. The van der Waals surface area contributed by atoms with Crippen LogP contribution in [0.2, 0.25) is 0 Å². The molecule has 0 aliphatic heterocycles. The van der Waals surface area contributed by atoms with Gasteiger partial charge in [-0.25, -0.2) is 0 Å². The second kappa shape index (κ2) is 5.12. The van der Waals surface area contributed by atoms with Crippen LogP contribution in [0.25, 0.3) is 0 Å². The van der Waals surface area contributed by atoms with E-state index in [1.165, 1.54) is 0 Å². The minimum absolute atomic E-state index is 0.0369. The molecule has 0 aromatic carbocycles. The summed E-state index contributed by atoms with van der Waals surface area (Å²) in [5.74, 6) is 0.0369. The second-order valence-corrected chi connectivity index (χ2v) is 3.72. The molecule has 0 saturated heterocycles. The molecule has 1 aliphatic carbocycles. The first kappa shape index (κ1) is 11.2. The predicted octanol–water partition coefficient (Wildman–Crippen LogP) is 1.99. The lowest BCUT2D eigenvalue weighted by Gasteiger charge is -2.07. The Balaban J connectivity index is 3.13. The number of halogens is 1. The Morgan fingerprint density at radius 3 is 2.79 bits per heavy atom. The first-order valence-corrected chi connectivity index (χ1v) is 5.04. The molecule has 0 bridgehead atoms. The number of carbonyl (C=O) groups is 1. The van der Waals surface area contributed by atoms with Gasteiger partial charge in [-0.05, 0) is 28.8 Å². The molecule has 3 nitrogen and oxygen atoms in total. The Kier molecular flexibility index (Phi) is 4.10. The Hall–Kier alpha value is -0.870. The normalized spacial score (nSPS) is 17.3. The highest BCUT2D eigenvalue weighted by Gasteiger charge is 2.14. The van der Waals surface area contributed by atoms with Crippen LogP contribution in [0.15, 0.2) is 33.5 Å². The topological polar surface area (TPSA) is 57.5 Å². The number of hydrogen-bond acceptors (Lipinski definition) is 3. The number of aldehydes is 1. The van der Waals surface area contributed by atoms with Crippen molar-refractivity contribution in [1.29, 1.82) is 0 Å². The molecule has 2 N–H and O–H groups in total. The van der Waals surface area contributed by atoms with E-state index in [4.69, 9.17) is 5.11 Å². The molecule has 0 atom stereocenters. The third-order valence-electron chi connectivity index (χ3n) is 1.98. The van der Waals surface area contributed by atoms with Crippen LogP contribution in [-0.4, -0.2) is 23.1 Å². The quantitative estimate of drug-likeness (QED) is 0.762. The lowest BCUT2D eigenvalue weighted by molar-refractivity contribution is -0.104. The van der Waals surface area contributed by atoms with Gasteiger partial charge in [0.15, 0.2) is 0 Å². The lowest BCUT2D eigenvalue weighted by atomic mass is 10.0. The summed E-state index contributed by atoms with van der Waals surface area (Å²) in [4.78, 5) is 10.7. The van der Waals surface area contributed by atoms with E-state index in [-0.39, 0.29) is 18.8 Å². The lowest BCUT2D eigenvalue weighted by Crippen LogP contribution is -1.99. The largest absolute Gasteiger partial charge is 0.506 e. The average molecular weight is 259 g/mol. The number of aliphatic hydroxyl groups is 2. The fourth-order valence-corrected chi connectivity index (χ4v) is 1.71. The molecular weight excluding hydrogens is 248 g/mol. The van der Waals surface area contributed by atoms with E-state index in [0.29, 0.717) is 28.3 Å². The number of allylic oxidation sites excluding steroid dienone is 4. The van der Waals surface area contributed by atoms with Crippen LogP contribution in [0.3, 0.4) is 0 Å². The van der Waals surface area contributed by atoms with E-state index >= 15 is 0 Å². The summed E-state index contributed by atoms with van der Waals surface area (Å²) >= 11 is 3.19. The van der Waals surface area contributed by atoms with Gasteiger partial charge in [0.1, 0.15) is 12.0 Å². The third kappa shape index (κ3) is 2.33. The van der Waals surface area contributed by atoms with E-state index in [0.717, 1.165) is 0 Å². The summed E-state index contributed by atoms with van der Waals surface area (Å²) in [5.41, 5.74) is 0.936. The Labute approximate surface area is 90.6 Å². The van der Waals surface area contributed by atoms with Gasteiger partial charge in [-0.15, -0.1) is 0 Å². The molecule has 0 spiro atoms. The highest BCUT2D eigenvalue weighted by molar-refractivity contribution is 9.11. The van der Waals surface area contributed by atoms with E-state index in [2.05, 4.69) is 15.9 Å². The number of hydrogen-bond donors (Lipinski definition) is 2. The molecule has 0 aromatic rings. The van der Waals surface area contributed by atoms with E-state index in [1.807, 2.05) is 0 Å². The van der Waals surface area contributed by atoms with Crippen LogP contribution in [0.5, 0.6) is 0 Å². The monoisotopic (exact) mass is 258 g/mol. The van der Waals surface area contributed by atoms with Crippen molar-refractivity contribution in [3.63, 3.8) is 0 Å². The number of rotatable bonds is 3. The van der Waals surface area contributed by atoms with Gasteiger partial charge >= 0.3 is 0 Å². The highest BCUT2D eigenvalue weighted by Crippen LogP contribution is 2.28. The van der Waals surface area contributed by atoms with Gasteiger partial charge < -0.3 is 10.2 Å². The highest BCUT2D eigenvalue weighted by atomic mass is 79.9. The van der Waals surface area contributed by atoms with Crippen molar-refractivity contribution in [2.24, 2.45) is 0 Å². The van der Waals surface area contributed by atoms with Crippen LogP contribution in [0, 0.1) is 0 Å². The SMILES string of the molecule is O=CC1=CCC=C(Br)C(O)=C1CCO. The Morgan fingerprint density at radius 2 is 2.21 bits per heavy atom. The van der Waals surface area contributed by atoms with Gasteiger partial charge in [0, 0.05) is 17.8 Å². The molecule has 0 heterocycles. The first-order chi connectivity index (χ1) is 6.70. The van der Waals surface area contributed by atoms with Crippen molar-refractivity contribution in [2.45, 2.75) is 12.8 Å². The van der Waals surface area contributed by atoms with Gasteiger partial charge in [-0.1, -0.05) is 12.2 Å². The van der Waals surface area contributed by atoms with Crippen molar-refractivity contribution in [2.75, 3.05) is 6.61 Å². The summed E-state index contributed by atoms with van der Waals surface area (Å²) in [7, 11) is 0. The summed E-state index contributed by atoms with van der Waals surface area (Å²) in [6.45, 7) is -0.0924. The van der Waals surface area contributed by atoms with Crippen LogP contribution in [-0.2, 0) is 4.79 Å². The van der Waals surface area contributed by atoms with Crippen LogP contribution in [0.4, 0.5) is 0 Å². The summed E-state index contributed by atoms with van der Waals surface area (Å²) in [6.07, 6.45) is 5.05. The molecule has 4 heteroatoms. The number of carbonyl (C=O) groups excluding carboxylic acids is 1. The minimum Gasteiger partial charge on any atom is -0.506 e. The van der Waals surface area contributed by atoms with Gasteiger partial charge in [0.2, 0.25) is 0 Å². The minimum atomic E-state index is -0.0924. The molecule has 0 fully saturated rings. The summed E-state index contributed by atoms with van der Waals surface area (Å²) < 4.78 is 0.564.